The van der Waals surface area contributed by atoms with E-state index in [9.17, 15) is 13.6 Å². The number of nitrogens with zero attached hydrogens (tertiary/aromatic N) is 6. The van der Waals surface area contributed by atoms with Crippen LogP contribution in [-0.2, 0) is 6.54 Å². The Morgan fingerprint density at radius 1 is 1.00 bits per heavy atom. The predicted octanol–water partition coefficient (Wildman–Crippen LogP) is 4.08. The second-order valence-corrected chi connectivity index (χ2v) is 7.89. The molecule has 0 radical (unpaired) electrons. The molecule has 0 aliphatic heterocycles. The highest BCUT2D eigenvalue weighted by atomic mass is 19.1. The van der Waals surface area contributed by atoms with Crippen molar-refractivity contribution in [2.75, 3.05) is 0 Å². The number of benzene rings is 2. The monoisotopic (exact) mass is 446 g/mol. The Morgan fingerprint density at radius 2 is 1.82 bits per heavy atom. The van der Waals surface area contributed by atoms with E-state index >= 15 is 0 Å². The van der Waals surface area contributed by atoms with Crippen molar-refractivity contribution in [1.29, 1.82) is 0 Å². The van der Waals surface area contributed by atoms with Crippen LogP contribution in [0.4, 0.5) is 8.78 Å². The van der Waals surface area contributed by atoms with Crippen LogP contribution in [0.25, 0.3) is 16.6 Å². The van der Waals surface area contributed by atoms with Crippen LogP contribution in [0.1, 0.15) is 24.4 Å². The van der Waals surface area contributed by atoms with Crippen LogP contribution < -0.4 is 5.69 Å². The highest BCUT2D eigenvalue weighted by molar-refractivity contribution is 5.69. The first-order valence-electron chi connectivity index (χ1n) is 10.4. The lowest BCUT2D eigenvalue weighted by molar-refractivity contribution is 0.334. The predicted molar refractivity (Wildman–Crippen MR) is 119 cm³/mol. The molecule has 0 aliphatic carbocycles. The Bertz CT molecular complexity index is 1460. The van der Waals surface area contributed by atoms with Crippen LogP contribution >= 0.6 is 0 Å². The lowest BCUT2D eigenvalue weighted by Crippen LogP contribution is -2.34. The van der Waals surface area contributed by atoms with Crippen LogP contribution in [0, 0.1) is 11.6 Å². The van der Waals surface area contributed by atoms with Gasteiger partial charge in [-0.1, -0.05) is 36.4 Å². The first-order chi connectivity index (χ1) is 16.0. The zero-order valence-corrected chi connectivity index (χ0v) is 17.7. The molecule has 9 heteroatoms. The van der Waals surface area contributed by atoms with E-state index in [-0.39, 0.29) is 17.8 Å². The molecule has 0 aliphatic rings. The van der Waals surface area contributed by atoms with E-state index in [1.165, 1.54) is 33.9 Å². The number of hydrogen-bond acceptors (Lipinski definition) is 4. The average molecular weight is 446 g/mol. The summed E-state index contributed by atoms with van der Waals surface area (Å²) < 4.78 is 32.7. The molecule has 5 rings (SSSR count). The second kappa shape index (κ2) is 8.42. The normalized spacial score (nSPS) is 13.3. The Labute approximate surface area is 187 Å². The van der Waals surface area contributed by atoms with E-state index in [1.807, 2.05) is 36.4 Å². The van der Waals surface area contributed by atoms with Gasteiger partial charge < -0.3 is 0 Å². The molecule has 3 heterocycles. The first kappa shape index (κ1) is 20.7. The van der Waals surface area contributed by atoms with E-state index < -0.39 is 23.6 Å². The summed E-state index contributed by atoms with van der Waals surface area (Å²) in [5.41, 5.74) is 2.45. The van der Waals surface area contributed by atoms with Crippen LogP contribution in [0.2, 0.25) is 0 Å². The summed E-state index contributed by atoms with van der Waals surface area (Å²) in [5, 5.41) is 8.49. The van der Waals surface area contributed by atoms with Crippen molar-refractivity contribution in [3.8, 4) is 11.1 Å². The highest BCUT2D eigenvalue weighted by Crippen LogP contribution is 2.31. The molecule has 2 atom stereocenters. The summed E-state index contributed by atoms with van der Waals surface area (Å²) in [5.74, 6) is -1.91. The first-order valence-corrected chi connectivity index (χ1v) is 10.4. The maximum atomic E-state index is 14.8. The fourth-order valence-corrected chi connectivity index (χ4v) is 4.11. The fourth-order valence-electron chi connectivity index (χ4n) is 4.11. The molecule has 2 aromatic carbocycles. The van der Waals surface area contributed by atoms with Gasteiger partial charge in [0.05, 0.1) is 24.3 Å². The van der Waals surface area contributed by atoms with Crippen LogP contribution in [0.15, 0.2) is 84.4 Å². The van der Waals surface area contributed by atoms with Gasteiger partial charge in [0.1, 0.15) is 24.3 Å². The Morgan fingerprint density at radius 3 is 2.55 bits per heavy atom. The molecule has 0 saturated carbocycles. The number of halogens is 2. The van der Waals surface area contributed by atoms with Gasteiger partial charge in [-0.2, -0.15) is 10.2 Å². The standard InChI is InChI=1S/C24H20F2N6O/c1-16(22(13-30-15-27-14-29-30)21-8-7-19(25)10-23(21)26)32-24(33)31-12-18(9-20(31)11-28-32)17-5-3-2-4-6-17/h2-12,14-16,22H,13H2,1H3. The third-order valence-electron chi connectivity index (χ3n) is 5.85. The molecule has 3 aromatic heterocycles. The second-order valence-electron chi connectivity index (χ2n) is 7.89. The number of fused-ring (bicyclic) bond motifs is 1. The van der Waals surface area contributed by atoms with Crippen molar-refractivity contribution >= 4 is 5.52 Å². The van der Waals surface area contributed by atoms with Crippen molar-refractivity contribution in [1.82, 2.24) is 28.9 Å². The van der Waals surface area contributed by atoms with Crippen LogP contribution in [0.3, 0.4) is 0 Å². The van der Waals surface area contributed by atoms with Gasteiger partial charge in [0.25, 0.3) is 0 Å². The Hall–Kier alpha value is -4.14. The fraction of sp³-hybridized carbons (Fsp3) is 0.167. The molecule has 2 unspecified atom stereocenters. The average Bonchev–Trinajstić information content (AvgIpc) is 3.49. The third kappa shape index (κ3) is 3.93. The minimum absolute atomic E-state index is 0.233. The SMILES string of the molecule is CC(C(Cn1cncn1)c1ccc(F)cc1F)n1ncc2cc(-c3ccccc3)cn2c1=O. The van der Waals surface area contributed by atoms with Gasteiger partial charge in [-0.25, -0.2) is 23.2 Å². The van der Waals surface area contributed by atoms with E-state index in [1.54, 1.807) is 24.0 Å². The molecule has 0 saturated heterocycles. The molecule has 5 aromatic rings. The van der Waals surface area contributed by atoms with E-state index in [0.717, 1.165) is 17.2 Å². The zero-order chi connectivity index (χ0) is 22.9. The molecule has 166 valence electrons. The topological polar surface area (TPSA) is 70.0 Å². The van der Waals surface area contributed by atoms with Crippen molar-refractivity contribution in [3.63, 3.8) is 0 Å². The number of hydrogen-bond donors (Lipinski definition) is 0. The minimum Gasteiger partial charge on any atom is -0.266 e. The smallest absolute Gasteiger partial charge is 0.266 e. The summed E-state index contributed by atoms with van der Waals surface area (Å²) in [6.07, 6.45) is 6.27. The van der Waals surface area contributed by atoms with Crippen LogP contribution in [-0.4, -0.2) is 28.9 Å². The van der Waals surface area contributed by atoms with E-state index in [2.05, 4.69) is 15.2 Å². The molecule has 0 spiro atoms. The Balaban J connectivity index is 1.58. The summed E-state index contributed by atoms with van der Waals surface area (Å²) in [7, 11) is 0. The van der Waals surface area contributed by atoms with Crippen molar-refractivity contribution in [2.45, 2.75) is 25.4 Å². The zero-order valence-electron chi connectivity index (χ0n) is 17.7. The van der Waals surface area contributed by atoms with Crippen molar-refractivity contribution < 1.29 is 8.78 Å². The van der Waals surface area contributed by atoms with Gasteiger partial charge in [0.2, 0.25) is 0 Å². The van der Waals surface area contributed by atoms with Gasteiger partial charge in [-0.15, -0.1) is 0 Å². The molecular weight excluding hydrogens is 426 g/mol. The molecular formula is C24H20F2N6O. The lowest BCUT2D eigenvalue weighted by Gasteiger charge is -2.25. The molecule has 33 heavy (non-hydrogen) atoms. The van der Waals surface area contributed by atoms with E-state index in [0.29, 0.717) is 5.52 Å². The molecule has 0 bridgehead atoms. The van der Waals surface area contributed by atoms with E-state index in [4.69, 9.17) is 0 Å². The van der Waals surface area contributed by atoms with Gasteiger partial charge >= 0.3 is 5.69 Å². The lowest BCUT2D eigenvalue weighted by atomic mass is 9.91. The van der Waals surface area contributed by atoms with Gasteiger partial charge in [0, 0.05) is 23.7 Å². The summed E-state index contributed by atoms with van der Waals surface area (Å²) in [4.78, 5) is 17.3. The highest BCUT2D eigenvalue weighted by Gasteiger charge is 2.27. The summed E-state index contributed by atoms with van der Waals surface area (Å²) in [6, 6.07) is 14.5. The maximum Gasteiger partial charge on any atom is 0.349 e. The number of aromatic nitrogens is 6. The van der Waals surface area contributed by atoms with Gasteiger partial charge in [0.15, 0.2) is 0 Å². The van der Waals surface area contributed by atoms with Crippen molar-refractivity contribution in [3.05, 3.63) is 107 Å². The quantitative estimate of drug-likeness (QED) is 0.394. The summed E-state index contributed by atoms with van der Waals surface area (Å²) >= 11 is 0. The molecule has 0 amide bonds. The largest absolute Gasteiger partial charge is 0.349 e. The van der Waals surface area contributed by atoms with Gasteiger partial charge in [-0.3, -0.25) is 9.08 Å². The molecule has 7 nitrogen and oxygen atoms in total. The third-order valence-corrected chi connectivity index (χ3v) is 5.85. The molecule has 0 N–H and O–H groups in total. The van der Waals surface area contributed by atoms with Crippen LogP contribution in [0.5, 0.6) is 0 Å². The van der Waals surface area contributed by atoms with Crippen molar-refractivity contribution in [2.24, 2.45) is 0 Å². The summed E-state index contributed by atoms with van der Waals surface area (Å²) in [6.45, 7) is 2.02. The number of rotatable bonds is 6. The minimum atomic E-state index is -0.687. The van der Waals surface area contributed by atoms with Gasteiger partial charge in [-0.05, 0) is 30.2 Å². The maximum absolute atomic E-state index is 14.8. The molecule has 0 fully saturated rings. The Kier molecular flexibility index (Phi) is 5.29.